The van der Waals surface area contributed by atoms with Gasteiger partial charge in [0.15, 0.2) is 0 Å². The van der Waals surface area contributed by atoms with Gasteiger partial charge in [-0.25, -0.2) is 0 Å². The molecule has 0 radical (unpaired) electrons. The van der Waals surface area contributed by atoms with Gasteiger partial charge in [0.2, 0.25) is 6.41 Å². The highest BCUT2D eigenvalue weighted by Gasteiger charge is 2.13. The summed E-state index contributed by atoms with van der Waals surface area (Å²) in [5.74, 6) is 0. The molecule has 0 spiro atoms. The smallest absolute Gasteiger partial charge is 0.251 e. The van der Waals surface area contributed by atoms with Gasteiger partial charge in [0.25, 0.3) is 5.56 Å². The number of aryl methyl sites for hydroxylation is 1. The lowest BCUT2D eigenvalue weighted by Crippen LogP contribution is -2.20. The van der Waals surface area contributed by atoms with E-state index in [1.165, 1.54) is 0 Å². The summed E-state index contributed by atoms with van der Waals surface area (Å²) in [6.07, 6.45) is 0.708. The average Bonchev–Trinajstić information content (AvgIpc) is 2.54. The molecule has 4 heteroatoms. The van der Waals surface area contributed by atoms with Crippen molar-refractivity contribution in [3.63, 3.8) is 0 Å². The number of benzene rings is 2. The molecule has 4 nitrogen and oxygen atoms in total. The molecule has 0 aliphatic heterocycles. The first-order chi connectivity index (χ1) is 10.7. The van der Waals surface area contributed by atoms with Crippen LogP contribution in [0.5, 0.6) is 0 Å². The van der Waals surface area contributed by atoms with Crippen LogP contribution in [0.4, 0.5) is 0 Å². The normalized spacial score (nSPS) is 12.0. The van der Waals surface area contributed by atoms with Crippen molar-refractivity contribution in [2.24, 2.45) is 0 Å². The first kappa shape index (κ1) is 14.1. The largest absolute Gasteiger partial charge is 0.348 e. The summed E-state index contributed by atoms with van der Waals surface area (Å²) < 4.78 is 0. The van der Waals surface area contributed by atoms with Crippen LogP contribution in [0, 0.1) is 6.92 Å². The Kier molecular flexibility index (Phi) is 3.74. The minimum atomic E-state index is -0.213. The van der Waals surface area contributed by atoms with Gasteiger partial charge in [-0.05, 0) is 41.6 Å². The molecule has 0 aliphatic rings. The van der Waals surface area contributed by atoms with Crippen molar-refractivity contribution >= 4 is 17.3 Å². The second-order valence-corrected chi connectivity index (χ2v) is 5.26. The Hall–Kier alpha value is -2.88. The number of nitrogens with one attached hydrogen (secondary N) is 2. The molecule has 1 unspecified atom stereocenters. The zero-order chi connectivity index (χ0) is 15.5. The Morgan fingerprint density at radius 3 is 2.55 bits per heavy atom. The van der Waals surface area contributed by atoms with E-state index in [1.807, 2.05) is 54.6 Å². The van der Waals surface area contributed by atoms with Crippen molar-refractivity contribution in [2.75, 3.05) is 0 Å². The van der Waals surface area contributed by atoms with Crippen LogP contribution in [0.25, 0.3) is 10.9 Å². The Morgan fingerprint density at radius 1 is 1.05 bits per heavy atom. The van der Waals surface area contributed by atoms with Gasteiger partial charge in [-0.15, -0.1) is 0 Å². The molecule has 2 aromatic carbocycles. The number of pyridine rings is 1. The second kappa shape index (κ2) is 5.85. The van der Waals surface area contributed by atoms with Gasteiger partial charge in [-0.3, -0.25) is 9.59 Å². The zero-order valence-corrected chi connectivity index (χ0v) is 12.2. The molecule has 22 heavy (non-hydrogen) atoms. The lowest BCUT2D eigenvalue weighted by atomic mass is 9.97. The first-order valence-corrected chi connectivity index (χ1v) is 7.07. The average molecular weight is 292 g/mol. The zero-order valence-electron chi connectivity index (χ0n) is 12.2. The van der Waals surface area contributed by atoms with Crippen molar-refractivity contribution < 1.29 is 4.79 Å². The lowest BCUT2D eigenvalue weighted by molar-refractivity contribution is -0.110. The van der Waals surface area contributed by atoms with Crippen molar-refractivity contribution in [1.82, 2.24) is 10.3 Å². The minimum Gasteiger partial charge on any atom is -0.348 e. The number of carbonyl (C=O) groups is 1. The SMILES string of the molecule is Cc1cc2cc(C(NC=O)c3ccccc3)ccc2[nH]c1=O. The highest BCUT2D eigenvalue weighted by atomic mass is 16.1. The molecular weight excluding hydrogens is 276 g/mol. The molecule has 1 amide bonds. The predicted molar refractivity (Wildman–Crippen MR) is 86.8 cm³/mol. The van der Waals surface area contributed by atoms with Crippen molar-refractivity contribution in [2.45, 2.75) is 13.0 Å². The highest BCUT2D eigenvalue weighted by molar-refractivity contribution is 5.80. The first-order valence-electron chi connectivity index (χ1n) is 7.07. The van der Waals surface area contributed by atoms with E-state index in [1.54, 1.807) is 6.92 Å². The van der Waals surface area contributed by atoms with Gasteiger partial charge >= 0.3 is 0 Å². The van der Waals surface area contributed by atoms with Crippen molar-refractivity contribution in [3.8, 4) is 0 Å². The number of hydrogen-bond donors (Lipinski definition) is 2. The van der Waals surface area contributed by atoms with E-state index in [4.69, 9.17) is 0 Å². The van der Waals surface area contributed by atoms with Crippen LogP contribution in [0.1, 0.15) is 22.7 Å². The fourth-order valence-corrected chi connectivity index (χ4v) is 2.61. The third-order valence-corrected chi connectivity index (χ3v) is 3.75. The third kappa shape index (κ3) is 2.63. The van der Waals surface area contributed by atoms with E-state index in [0.717, 1.165) is 22.0 Å². The molecule has 3 aromatic rings. The Labute approximate surface area is 127 Å². The molecule has 1 aromatic heterocycles. The van der Waals surface area contributed by atoms with Gasteiger partial charge in [-0.2, -0.15) is 0 Å². The van der Waals surface area contributed by atoms with Gasteiger partial charge < -0.3 is 10.3 Å². The maximum absolute atomic E-state index is 11.7. The maximum atomic E-state index is 11.7. The van der Waals surface area contributed by atoms with E-state index in [-0.39, 0.29) is 11.6 Å². The minimum absolute atomic E-state index is 0.0779. The number of rotatable bonds is 4. The van der Waals surface area contributed by atoms with E-state index in [2.05, 4.69) is 10.3 Å². The molecule has 0 aliphatic carbocycles. The summed E-state index contributed by atoms with van der Waals surface area (Å²) in [5, 5.41) is 3.80. The van der Waals surface area contributed by atoms with Crippen LogP contribution in [0.2, 0.25) is 0 Å². The van der Waals surface area contributed by atoms with Crippen LogP contribution in [-0.4, -0.2) is 11.4 Å². The van der Waals surface area contributed by atoms with Crippen LogP contribution < -0.4 is 10.9 Å². The van der Waals surface area contributed by atoms with E-state index >= 15 is 0 Å². The van der Waals surface area contributed by atoms with Gasteiger partial charge in [-0.1, -0.05) is 36.4 Å². The van der Waals surface area contributed by atoms with Gasteiger partial charge in [0, 0.05) is 11.1 Å². The fraction of sp³-hybridized carbons (Fsp3) is 0.111. The van der Waals surface area contributed by atoms with Crippen LogP contribution >= 0.6 is 0 Å². The second-order valence-electron chi connectivity index (χ2n) is 5.26. The summed E-state index contributed by atoms with van der Waals surface area (Å²) in [5.41, 5.74) is 3.36. The summed E-state index contributed by atoms with van der Waals surface area (Å²) in [6, 6.07) is 17.2. The number of carbonyl (C=O) groups excluding carboxylic acids is 1. The topological polar surface area (TPSA) is 62.0 Å². The monoisotopic (exact) mass is 292 g/mol. The van der Waals surface area contributed by atoms with Crippen LogP contribution in [-0.2, 0) is 4.79 Å². The maximum Gasteiger partial charge on any atom is 0.251 e. The summed E-state index contributed by atoms with van der Waals surface area (Å²) in [4.78, 5) is 25.5. The standard InChI is InChI=1S/C18H16N2O2/c1-12-9-15-10-14(7-8-16(15)20-18(12)22)17(19-11-21)13-5-3-2-4-6-13/h2-11,17H,1H3,(H,19,21)(H,20,22). The molecule has 0 fully saturated rings. The van der Waals surface area contributed by atoms with Crippen molar-refractivity contribution in [1.29, 1.82) is 0 Å². The predicted octanol–water partition coefficient (Wildman–Crippen LogP) is 2.67. The fourth-order valence-electron chi connectivity index (χ4n) is 2.61. The molecular formula is C18H16N2O2. The van der Waals surface area contributed by atoms with E-state index in [9.17, 15) is 9.59 Å². The molecule has 1 heterocycles. The van der Waals surface area contributed by atoms with Crippen LogP contribution in [0.15, 0.2) is 59.4 Å². The molecule has 0 saturated carbocycles. The molecule has 0 bridgehead atoms. The number of fused-ring (bicyclic) bond motifs is 1. The Morgan fingerprint density at radius 2 is 1.82 bits per heavy atom. The van der Waals surface area contributed by atoms with Gasteiger partial charge in [0.05, 0.1) is 6.04 Å². The van der Waals surface area contributed by atoms with E-state index in [0.29, 0.717) is 12.0 Å². The number of aromatic amines is 1. The number of H-pyrrole nitrogens is 1. The molecule has 2 N–H and O–H groups in total. The summed E-state index contributed by atoms with van der Waals surface area (Å²) >= 11 is 0. The summed E-state index contributed by atoms with van der Waals surface area (Å²) in [6.45, 7) is 1.78. The quantitative estimate of drug-likeness (QED) is 0.726. The number of aromatic nitrogens is 1. The lowest BCUT2D eigenvalue weighted by Gasteiger charge is -2.17. The molecule has 3 rings (SSSR count). The Balaban J connectivity index is 2.12. The number of hydrogen-bond acceptors (Lipinski definition) is 2. The number of amides is 1. The van der Waals surface area contributed by atoms with E-state index < -0.39 is 0 Å². The summed E-state index contributed by atoms with van der Waals surface area (Å²) in [7, 11) is 0. The molecule has 0 saturated heterocycles. The molecule has 110 valence electrons. The highest BCUT2D eigenvalue weighted by Crippen LogP contribution is 2.24. The molecule has 1 atom stereocenters. The Bertz CT molecular complexity index is 869. The van der Waals surface area contributed by atoms with Gasteiger partial charge in [0.1, 0.15) is 0 Å². The van der Waals surface area contributed by atoms with Crippen LogP contribution in [0.3, 0.4) is 0 Å². The third-order valence-electron chi connectivity index (χ3n) is 3.75. The van der Waals surface area contributed by atoms with Crippen molar-refractivity contribution in [3.05, 3.63) is 81.6 Å².